The number of nitrogens with two attached hydrogens (primary N) is 1. The highest BCUT2D eigenvalue weighted by molar-refractivity contribution is 7.80. The van der Waals surface area contributed by atoms with Crippen LogP contribution in [0, 0.1) is 5.92 Å². The molecule has 0 spiro atoms. The second-order valence-corrected chi connectivity index (χ2v) is 4.36. The molecular weight excluding hydrogens is 196 g/mol. The van der Waals surface area contributed by atoms with Gasteiger partial charge in [-0.15, -0.1) is 0 Å². The van der Waals surface area contributed by atoms with E-state index in [1.54, 1.807) is 6.92 Å². The van der Waals surface area contributed by atoms with Gasteiger partial charge in [-0.3, -0.25) is 4.79 Å². The monoisotopic (exact) mass is 214 g/mol. The molecule has 1 aliphatic carbocycles. The summed E-state index contributed by atoms with van der Waals surface area (Å²) in [5.74, 6) is -0.209. The first-order valence-corrected chi connectivity index (χ1v) is 5.58. The molecule has 14 heavy (non-hydrogen) atoms. The number of rotatable bonds is 5. The van der Waals surface area contributed by atoms with E-state index in [1.165, 1.54) is 0 Å². The summed E-state index contributed by atoms with van der Waals surface area (Å²) in [6.45, 7) is 4.69. The van der Waals surface area contributed by atoms with Crippen LogP contribution in [-0.2, 0) is 4.79 Å². The molecule has 0 aliphatic heterocycles. The minimum Gasteiger partial charge on any atom is -0.393 e. The van der Waals surface area contributed by atoms with Gasteiger partial charge in [0.25, 0.3) is 0 Å². The summed E-state index contributed by atoms with van der Waals surface area (Å²) >= 11 is 4.84. The quantitative estimate of drug-likeness (QED) is 0.702. The maximum Gasteiger partial charge on any atom is 0.232 e. The molecule has 0 aromatic carbocycles. The molecular formula is C10H18N2OS. The van der Waals surface area contributed by atoms with Crippen LogP contribution in [0.5, 0.6) is 0 Å². The summed E-state index contributed by atoms with van der Waals surface area (Å²) < 4.78 is 0. The normalized spacial score (nSPS) is 17.6. The van der Waals surface area contributed by atoms with Crippen molar-refractivity contribution >= 4 is 23.1 Å². The van der Waals surface area contributed by atoms with Gasteiger partial charge in [0, 0.05) is 12.6 Å². The molecule has 1 aliphatic rings. The van der Waals surface area contributed by atoms with Gasteiger partial charge in [-0.2, -0.15) is 0 Å². The number of nitrogens with zero attached hydrogens (tertiary/aromatic N) is 1. The molecule has 1 saturated carbocycles. The molecule has 0 aromatic heterocycles. The second kappa shape index (κ2) is 4.73. The van der Waals surface area contributed by atoms with Crippen LogP contribution in [0.25, 0.3) is 0 Å². The Morgan fingerprint density at radius 1 is 1.64 bits per heavy atom. The van der Waals surface area contributed by atoms with E-state index in [4.69, 9.17) is 18.0 Å². The minimum absolute atomic E-state index is 0.0989. The van der Waals surface area contributed by atoms with Gasteiger partial charge in [-0.25, -0.2) is 0 Å². The first-order chi connectivity index (χ1) is 6.57. The molecule has 0 bridgehead atoms. The number of carbonyl (C=O) groups is 1. The number of amides is 1. The van der Waals surface area contributed by atoms with E-state index in [2.05, 4.69) is 6.92 Å². The molecule has 0 heterocycles. The Morgan fingerprint density at radius 3 is 2.57 bits per heavy atom. The standard InChI is InChI=1S/C10H18N2OS/c1-3-6-12(8-4-5-8)10(13)7(2)9(11)14/h7-8H,3-6H2,1-2H3,(H2,11,14). The van der Waals surface area contributed by atoms with Gasteiger partial charge in [0.05, 0.1) is 10.9 Å². The van der Waals surface area contributed by atoms with E-state index in [9.17, 15) is 4.79 Å². The Labute approximate surface area is 90.6 Å². The molecule has 1 atom stereocenters. The fraction of sp³-hybridized carbons (Fsp3) is 0.800. The van der Waals surface area contributed by atoms with Crippen molar-refractivity contribution in [3.8, 4) is 0 Å². The topological polar surface area (TPSA) is 46.3 Å². The van der Waals surface area contributed by atoms with Crippen molar-refractivity contribution in [1.29, 1.82) is 0 Å². The lowest BCUT2D eigenvalue weighted by Crippen LogP contribution is -2.41. The maximum absolute atomic E-state index is 11.9. The van der Waals surface area contributed by atoms with E-state index in [-0.39, 0.29) is 11.8 Å². The summed E-state index contributed by atoms with van der Waals surface area (Å²) in [6, 6.07) is 0.458. The van der Waals surface area contributed by atoms with Crippen LogP contribution in [0.2, 0.25) is 0 Å². The third kappa shape index (κ3) is 2.67. The van der Waals surface area contributed by atoms with Crippen LogP contribution in [0.1, 0.15) is 33.1 Å². The van der Waals surface area contributed by atoms with Gasteiger partial charge in [-0.05, 0) is 26.2 Å². The van der Waals surface area contributed by atoms with Crippen LogP contribution in [0.15, 0.2) is 0 Å². The molecule has 0 radical (unpaired) electrons. The average molecular weight is 214 g/mol. The zero-order valence-corrected chi connectivity index (χ0v) is 9.64. The maximum atomic E-state index is 11.9. The minimum atomic E-state index is -0.308. The summed E-state index contributed by atoms with van der Waals surface area (Å²) in [7, 11) is 0. The molecule has 2 N–H and O–H groups in total. The summed E-state index contributed by atoms with van der Waals surface area (Å²) in [5.41, 5.74) is 5.48. The Kier molecular flexibility index (Phi) is 3.86. The smallest absolute Gasteiger partial charge is 0.232 e. The third-order valence-electron chi connectivity index (χ3n) is 2.53. The summed E-state index contributed by atoms with van der Waals surface area (Å²) in [4.78, 5) is 14.2. The van der Waals surface area contributed by atoms with Crippen molar-refractivity contribution in [2.45, 2.75) is 39.2 Å². The molecule has 80 valence electrons. The van der Waals surface area contributed by atoms with Gasteiger partial charge in [0.15, 0.2) is 0 Å². The molecule has 1 unspecified atom stereocenters. The number of carbonyl (C=O) groups excluding carboxylic acids is 1. The first kappa shape index (κ1) is 11.4. The second-order valence-electron chi connectivity index (χ2n) is 3.89. The van der Waals surface area contributed by atoms with Crippen LogP contribution < -0.4 is 5.73 Å². The van der Waals surface area contributed by atoms with Crippen molar-refractivity contribution in [3.05, 3.63) is 0 Å². The summed E-state index contributed by atoms with van der Waals surface area (Å²) in [6.07, 6.45) is 3.26. The highest BCUT2D eigenvalue weighted by Gasteiger charge is 2.34. The van der Waals surface area contributed by atoms with Crippen LogP contribution >= 0.6 is 12.2 Å². The zero-order valence-electron chi connectivity index (χ0n) is 8.82. The van der Waals surface area contributed by atoms with Gasteiger partial charge < -0.3 is 10.6 Å². The van der Waals surface area contributed by atoms with Crippen LogP contribution in [0.4, 0.5) is 0 Å². The van der Waals surface area contributed by atoms with Gasteiger partial charge in [0.2, 0.25) is 5.91 Å². The largest absolute Gasteiger partial charge is 0.393 e. The lowest BCUT2D eigenvalue weighted by molar-refractivity contribution is -0.133. The molecule has 0 saturated heterocycles. The van der Waals surface area contributed by atoms with E-state index >= 15 is 0 Å². The highest BCUT2D eigenvalue weighted by atomic mass is 32.1. The zero-order chi connectivity index (χ0) is 10.7. The molecule has 1 amide bonds. The van der Waals surface area contributed by atoms with E-state index < -0.39 is 0 Å². The lowest BCUT2D eigenvalue weighted by Gasteiger charge is -2.24. The predicted octanol–water partition coefficient (Wildman–Crippen LogP) is 1.31. The third-order valence-corrected chi connectivity index (χ3v) is 2.89. The van der Waals surface area contributed by atoms with E-state index in [0.29, 0.717) is 11.0 Å². The average Bonchev–Trinajstić information content (AvgIpc) is 2.95. The van der Waals surface area contributed by atoms with Crippen LogP contribution in [0.3, 0.4) is 0 Å². The number of hydrogen-bond donors (Lipinski definition) is 1. The number of thiocarbonyl (C=S) groups is 1. The van der Waals surface area contributed by atoms with Crippen LogP contribution in [-0.4, -0.2) is 28.4 Å². The van der Waals surface area contributed by atoms with E-state index in [0.717, 1.165) is 25.8 Å². The van der Waals surface area contributed by atoms with Gasteiger partial charge in [0.1, 0.15) is 0 Å². The highest BCUT2D eigenvalue weighted by Crippen LogP contribution is 2.28. The van der Waals surface area contributed by atoms with Crippen molar-refractivity contribution in [3.63, 3.8) is 0 Å². The lowest BCUT2D eigenvalue weighted by atomic mass is 10.1. The SMILES string of the molecule is CCCN(C(=O)C(C)C(N)=S)C1CC1. The van der Waals surface area contributed by atoms with E-state index in [1.807, 2.05) is 4.90 Å². The predicted molar refractivity (Wildman–Crippen MR) is 61.0 cm³/mol. The fourth-order valence-corrected chi connectivity index (χ4v) is 1.57. The van der Waals surface area contributed by atoms with Crippen molar-refractivity contribution in [2.75, 3.05) is 6.54 Å². The Morgan fingerprint density at radius 2 is 2.21 bits per heavy atom. The van der Waals surface area contributed by atoms with Gasteiger partial charge in [-0.1, -0.05) is 19.1 Å². The Balaban J connectivity index is 2.58. The Hall–Kier alpha value is -0.640. The van der Waals surface area contributed by atoms with Gasteiger partial charge >= 0.3 is 0 Å². The van der Waals surface area contributed by atoms with Crippen molar-refractivity contribution in [1.82, 2.24) is 4.90 Å². The Bertz CT molecular complexity index is 238. The molecule has 4 heteroatoms. The van der Waals surface area contributed by atoms with Crippen molar-refractivity contribution < 1.29 is 4.79 Å². The van der Waals surface area contributed by atoms with Crippen molar-refractivity contribution in [2.24, 2.45) is 11.7 Å². The fourth-order valence-electron chi connectivity index (χ4n) is 1.47. The number of hydrogen-bond acceptors (Lipinski definition) is 2. The molecule has 3 nitrogen and oxygen atoms in total. The molecule has 1 fully saturated rings. The summed E-state index contributed by atoms with van der Waals surface area (Å²) in [5, 5.41) is 0. The molecule has 1 rings (SSSR count). The molecule has 0 aromatic rings. The first-order valence-electron chi connectivity index (χ1n) is 5.17.